The van der Waals surface area contributed by atoms with E-state index in [9.17, 15) is 4.79 Å². The van der Waals surface area contributed by atoms with Crippen LogP contribution in [0, 0.1) is 0 Å². The first-order chi connectivity index (χ1) is 9.70. The summed E-state index contributed by atoms with van der Waals surface area (Å²) in [5.74, 6) is 0.0955. The molecule has 108 valence electrons. The van der Waals surface area contributed by atoms with Crippen molar-refractivity contribution >= 4 is 5.91 Å². The minimum atomic E-state index is -0.492. The molecule has 2 heterocycles. The Morgan fingerprint density at radius 2 is 1.85 bits per heavy atom. The maximum absolute atomic E-state index is 12.9. The zero-order chi connectivity index (χ0) is 14.1. The fraction of sp³-hybridized carbons (Fsp3) is 0.562. The molecule has 2 aliphatic heterocycles. The van der Waals surface area contributed by atoms with Crippen molar-refractivity contribution in [1.82, 2.24) is 4.90 Å². The van der Waals surface area contributed by atoms with Crippen molar-refractivity contribution in [1.29, 1.82) is 0 Å². The predicted octanol–water partition coefficient (Wildman–Crippen LogP) is 1.85. The second-order valence-corrected chi connectivity index (χ2v) is 5.89. The summed E-state index contributed by atoms with van der Waals surface area (Å²) >= 11 is 0. The molecule has 2 saturated heterocycles. The molecule has 0 saturated carbocycles. The second-order valence-electron chi connectivity index (χ2n) is 5.89. The first-order valence-corrected chi connectivity index (χ1v) is 7.36. The summed E-state index contributed by atoms with van der Waals surface area (Å²) in [5, 5.41) is 0. The first-order valence-electron chi connectivity index (χ1n) is 7.36. The average molecular weight is 274 g/mol. The van der Waals surface area contributed by atoms with Crippen molar-refractivity contribution in [3.63, 3.8) is 0 Å². The van der Waals surface area contributed by atoms with E-state index in [1.165, 1.54) is 0 Å². The lowest BCUT2D eigenvalue weighted by Gasteiger charge is -2.39. The molecular weight excluding hydrogens is 252 g/mol. The molecule has 1 aromatic rings. The number of nitrogens with zero attached hydrogens (tertiary/aromatic N) is 1. The van der Waals surface area contributed by atoms with E-state index >= 15 is 0 Å². The molecule has 0 spiro atoms. The van der Waals surface area contributed by atoms with Gasteiger partial charge in [0.2, 0.25) is 0 Å². The van der Waals surface area contributed by atoms with E-state index in [2.05, 4.69) is 0 Å². The molecule has 4 nitrogen and oxygen atoms in total. The molecule has 3 rings (SSSR count). The van der Waals surface area contributed by atoms with Crippen molar-refractivity contribution in [2.24, 2.45) is 5.73 Å². The van der Waals surface area contributed by atoms with E-state index < -0.39 is 6.10 Å². The van der Waals surface area contributed by atoms with Gasteiger partial charge in [-0.25, -0.2) is 0 Å². The quantitative estimate of drug-likeness (QED) is 0.915. The Morgan fingerprint density at radius 3 is 2.40 bits per heavy atom. The SMILES string of the molecule is COC(C(=O)N1C2CCC1CC(N)C2)c1ccccc1. The van der Waals surface area contributed by atoms with Crippen molar-refractivity contribution in [2.75, 3.05) is 7.11 Å². The number of carbonyl (C=O) groups is 1. The summed E-state index contributed by atoms with van der Waals surface area (Å²) in [4.78, 5) is 14.9. The normalized spacial score (nSPS) is 30.3. The van der Waals surface area contributed by atoms with E-state index in [0.717, 1.165) is 31.2 Å². The fourth-order valence-corrected chi connectivity index (χ4v) is 3.72. The number of carbonyl (C=O) groups excluding carboxylic acids is 1. The van der Waals surface area contributed by atoms with Gasteiger partial charge in [-0.1, -0.05) is 30.3 Å². The highest BCUT2D eigenvalue weighted by Gasteiger charge is 2.44. The Labute approximate surface area is 119 Å². The Hall–Kier alpha value is -1.39. The van der Waals surface area contributed by atoms with Gasteiger partial charge in [0, 0.05) is 25.2 Å². The summed E-state index contributed by atoms with van der Waals surface area (Å²) < 4.78 is 5.48. The molecule has 20 heavy (non-hydrogen) atoms. The molecule has 3 unspecified atom stereocenters. The summed E-state index contributed by atoms with van der Waals surface area (Å²) in [6.07, 6.45) is 3.51. The lowest BCUT2D eigenvalue weighted by Crippen LogP contribution is -2.51. The van der Waals surface area contributed by atoms with E-state index in [4.69, 9.17) is 10.5 Å². The number of amides is 1. The summed E-state index contributed by atoms with van der Waals surface area (Å²) in [5.41, 5.74) is 6.99. The van der Waals surface area contributed by atoms with Gasteiger partial charge in [0.05, 0.1) is 0 Å². The largest absolute Gasteiger partial charge is 0.367 e. The average Bonchev–Trinajstić information content (AvgIpc) is 2.73. The third-order valence-electron chi connectivity index (χ3n) is 4.59. The second kappa shape index (κ2) is 5.54. The highest BCUT2D eigenvalue weighted by Crippen LogP contribution is 2.37. The number of benzene rings is 1. The van der Waals surface area contributed by atoms with Gasteiger partial charge in [0.25, 0.3) is 5.91 Å². The van der Waals surface area contributed by atoms with Crippen LogP contribution in [0.3, 0.4) is 0 Å². The molecular formula is C16H22N2O2. The zero-order valence-electron chi connectivity index (χ0n) is 11.9. The molecule has 3 atom stereocenters. The number of piperidine rings is 1. The van der Waals surface area contributed by atoms with Crippen LogP contribution < -0.4 is 5.73 Å². The molecule has 0 aromatic heterocycles. The number of nitrogens with two attached hydrogens (primary N) is 1. The van der Waals surface area contributed by atoms with E-state index in [-0.39, 0.29) is 11.9 Å². The number of hydrogen-bond acceptors (Lipinski definition) is 3. The van der Waals surface area contributed by atoms with E-state index in [0.29, 0.717) is 12.1 Å². The highest BCUT2D eigenvalue weighted by molar-refractivity contribution is 5.83. The van der Waals surface area contributed by atoms with Gasteiger partial charge in [-0.3, -0.25) is 4.79 Å². The van der Waals surface area contributed by atoms with Crippen LogP contribution >= 0.6 is 0 Å². The van der Waals surface area contributed by atoms with Crippen LogP contribution in [-0.2, 0) is 9.53 Å². The Bertz CT molecular complexity index is 463. The topological polar surface area (TPSA) is 55.6 Å². The van der Waals surface area contributed by atoms with Crippen LogP contribution in [0.15, 0.2) is 30.3 Å². The molecule has 4 heteroatoms. The first kappa shape index (κ1) is 13.6. The van der Waals surface area contributed by atoms with Crippen LogP contribution in [0.25, 0.3) is 0 Å². The smallest absolute Gasteiger partial charge is 0.256 e. The van der Waals surface area contributed by atoms with Crippen LogP contribution in [0.4, 0.5) is 0 Å². The summed E-state index contributed by atoms with van der Waals surface area (Å²) in [6, 6.07) is 10.6. The lowest BCUT2D eigenvalue weighted by atomic mass is 9.96. The summed E-state index contributed by atoms with van der Waals surface area (Å²) in [6.45, 7) is 0. The number of ether oxygens (including phenoxy) is 1. The van der Waals surface area contributed by atoms with Gasteiger partial charge < -0.3 is 15.4 Å². The molecule has 2 bridgehead atoms. The van der Waals surface area contributed by atoms with Gasteiger partial charge in [-0.15, -0.1) is 0 Å². The van der Waals surface area contributed by atoms with Crippen molar-refractivity contribution < 1.29 is 9.53 Å². The maximum Gasteiger partial charge on any atom is 0.256 e. The van der Waals surface area contributed by atoms with Gasteiger partial charge >= 0.3 is 0 Å². The molecule has 2 N–H and O–H groups in total. The van der Waals surface area contributed by atoms with Crippen LogP contribution in [0.5, 0.6) is 0 Å². The van der Waals surface area contributed by atoms with E-state index in [1.807, 2.05) is 35.2 Å². The highest BCUT2D eigenvalue weighted by atomic mass is 16.5. The maximum atomic E-state index is 12.9. The van der Waals surface area contributed by atoms with Crippen molar-refractivity contribution in [2.45, 2.75) is 49.9 Å². The molecule has 2 fully saturated rings. The molecule has 1 amide bonds. The monoisotopic (exact) mass is 274 g/mol. The van der Waals surface area contributed by atoms with Crippen molar-refractivity contribution in [3.8, 4) is 0 Å². The van der Waals surface area contributed by atoms with Crippen LogP contribution in [0.1, 0.15) is 37.4 Å². The van der Waals surface area contributed by atoms with Crippen molar-refractivity contribution in [3.05, 3.63) is 35.9 Å². The third kappa shape index (κ3) is 2.34. The number of rotatable bonds is 3. The Morgan fingerprint density at radius 1 is 1.25 bits per heavy atom. The standard InChI is InChI=1S/C16H22N2O2/c1-20-15(11-5-3-2-4-6-11)16(19)18-13-7-8-14(18)10-12(17)9-13/h2-6,12-15H,7-10,17H2,1H3. The predicted molar refractivity (Wildman–Crippen MR) is 77.1 cm³/mol. The van der Waals surface area contributed by atoms with Gasteiger partial charge in [-0.2, -0.15) is 0 Å². The zero-order valence-corrected chi connectivity index (χ0v) is 11.9. The Kier molecular flexibility index (Phi) is 3.76. The lowest BCUT2D eigenvalue weighted by molar-refractivity contribution is -0.147. The molecule has 0 aliphatic carbocycles. The van der Waals surface area contributed by atoms with Gasteiger partial charge in [0.1, 0.15) is 0 Å². The van der Waals surface area contributed by atoms with Gasteiger partial charge in [-0.05, 0) is 31.2 Å². The van der Waals surface area contributed by atoms with E-state index in [1.54, 1.807) is 7.11 Å². The number of fused-ring (bicyclic) bond motifs is 2. The fourth-order valence-electron chi connectivity index (χ4n) is 3.72. The minimum absolute atomic E-state index is 0.0955. The number of hydrogen-bond donors (Lipinski definition) is 1. The molecule has 1 aromatic carbocycles. The summed E-state index contributed by atoms with van der Waals surface area (Å²) in [7, 11) is 1.60. The van der Waals surface area contributed by atoms with Crippen LogP contribution in [0.2, 0.25) is 0 Å². The van der Waals surface area contributed by atoms with Gasteiger partial charge in [0.15, 0.2) is 6.10 Å². The third-order valence-corrected chi connectivity index (χ3v) is 4.59. The van der Waals surface area contributed by atoms with Crippen LogP contribution in [-0.4, -0.2) is 36.0 Å². The minimum Gasteiger partial charge on any atom is -0.367 e. The Balaban J connectivity index is 1.81. The molecule has 2 aliphatic rings. The molecule has 0 radical (unpaired) electrons. The number of methoxy groups -OCH3 is 1.